The first-order valence-corrected chi connectivity index (χ1v) is 11.7. The number of dihydropyridines is 1. The van der Waals surface area contributed by atoms with E-state index < -0.39 is 0 Å². The number of rotatable bonds is 4. The molecule has 1 N–H and O–H groups in total. The lowest BCUT2D eigenvalue weighted by Crippen LogP contribution is -2.74. The highest BCUT2D eigenvalue weighted by atomic mass is 16.5. The van der Waals surface area contributed by atoms with Crippen LogP contribution in [0, 0.1) is 0 Å². The molecule has 3 saturated heterocycles. The van der Waals surface area contributed by atoms with Crippen LogP contribution in [-0.4, -0.2) is 47.5 Å². The zero-order valence-corrected chi connectivity index (χ0v) is 18.9. The molecule has 1 aliphatic carbocycles. The Kier molecular flexibility index (Phi) is 4.35. The molecular weight excluding hydrogens is 404 g/mol. The molecule has 1 aromatic rings. The Morgan fingerprint density at radius 1 is 1.22 bits per heavy atom. The normalized spacial score (nSPS) is 35.4. The lowest BCUT2D eigenvalue weighted by atomic mass is 9.69. The summed E-state index contributed by atoms with van der Waals surface area (Å²) in [7, 11) is 1.66. The molecule has 6 heteroatoms. The minimum atomic E-state index is -0.262. The summed E-state index contributed by atoms with van der Waals surface area (Å²) in [5, 5.41) is 3.39. The van der Waals surface area contributed by atoms with Gasteiger partial charge in [-0.2, -0.15) is 0 Å². The van der Waals surface area contributed by atoms with E-state index in [0.717, 1.165) is 47.5 Å². The van der Waals surface area contributed by atoms with Gasteiger partial charge in [0.05, 0.1) is 12.7 Å². The Balaban J connectivity index is 1.17. The van der Waals surface area contributed by atoms with Gasteiger partial charge in [0, 0.05) is 59.8 Å². The van der Waals surface area contributed by atoms with E-state index in [1.807, 2.05) is 31.2 Å². The Labute approximate surface area is 188 Å². The van der Waals surface area contributed by atoms with Gasteiger partial charge in [-0.25, -0.2) is 4.79 Å². The highest BCUT2D eigenvalue weighted by Crippen LogP contribution is 2.58. The number of carbonyl (C=O) groups excluding carboxylic acids is 2. The fourth-order valence-corrected chi connectivity index (χ4v) is 6.95. The van der Waals surface area contributed by atoms with Crippen LogP contribution in [-0.2, 0) is 14.3 Å². The Morgan fingerprint density at radius 2 is 2.03 bits per heavy atom. The van der Waals surface area contributed by atoms with Crippen molar-refractivity contribution in [3.05, 3.63) is 52.4 Å². The first kappa shape index (κ1) is 20.0. The van der Waals surface area contributed by atoms with Crippen LogP contribution >= 0.6 is 0 Å². The molecule has 1 unspecified atom stereocenters. The molecule has 6 rings (SSSR count). The number of Topliss-reactive ketones (excluding diaryl/α,β-unsaturated/α-hetero) is 1. The average Bonchev–Trinajstić information content (AvgIpc) is 2.89. The quantitative estimate of drug-likeness (QED) is 0.731. The Bertz CT molecular complexity index is 1090. The van der Waals surface area contributed by atoms with Gasteiger partial charge >= 0.3 is 5.97 Å². The van der Waals surface area contributed by atoms with Crippen molar-refractivity contribution in [2.75, 3.05) is 7.11 Å². The first-order chi connectivity index (χ1) is 15.4. The highest BCUT2D eigenvalue weighted by Gasteiger charge is 2.67. The number of hydrogen-bond donors (Lipinski definition) is 1. The van der Waals surface area contributed by atoms with E-state index >= 15 is 0 Å². The lowest BCUT2D eigenvalue weighted by molar-refractivity contribution is -0.174. The van der Waals surface area contributed by atoms with Crippen LogP contribution in [0.4, 0.5) is 0 Å². The molecule has 6 nitrogen and oxygen atoms in total. The maximum Gasteiger partial charge on any atom is 0.336 e. The summed E-state index contributed by atoms with van der Waals surface area (Å²) in [5.74, 6) is 0.728. The van der Waals surface area contributed by atoms with Gasteiger partial charge in [-0.1, -0.05) is 18.2 Å². The van der Waals surface area contributed by atoms with Crippen LogP contribution in [0.5, 0.6) is 5.75 Å². The zero-order valence-electron chi connectivity index (χ0n) is 18.9. The van der Waals surface area contributed by atoms with Crippen LogP contribution in [0.1, 0.15) is 63.9 Å². The maximum atomic E-state index is 13.1. The highest BCUT2D eigenvalue weighted by molar-refractivity contribution is 6.01. The first-order valence-electron chi connectivity index (χ1n) is 11.7. The van der Waals surface area contributed by atoms with Gasteiger partial charge in [-0.15, -0.1) is 0 Å². The Morgan fingerprint density at radius 3 is 2.78 bits per heavy atom. The van der Waals surface area contributed by atoms with Crippen molar-refractivity contribution in [3.63, 3.8) is 0 Å². The van der Waals surface area contributed by atoms with E-state index in [1.165, 1.54) is 6.42 Å². The third kappa shape index (κ3) is 2.81. The molecular formula is C26H30N2O4. The fourth-order valence-electron chi connectivity index (χ4n) is 6.95. The summed E-state index contributed by atoms with van der Waals surface area (Å²) in [6.45, 7) is 4.22. The van der Waals surface area contributed by atoms with Crippen LogP contribution in [0.15, 0.2) is 46.8 Å². The standard InChI is InChI=1S/C26H30N2O4/c1-14-18(25(30)32-24-10-16-12-26(2)13-21(24)28(16)26)11-19-20(27-14)8-15(9-22(19)29)17-6-4-5-7-23(17)31-3/h4-7,15-16,21,24,27H,8-13H2,1-3H3/t15-,16-,21-,24-,26?/m1/s1. The van der Waals surface area contributed by atoms with Crippen molar-refractivity contribution in [1.29, 1.82) is 0 Å². The monoisotopic (exact) mass is 434 g/mol. The predicted molar refractivity (Wildman–Crippen MR) is 119 cm³/mol. The number of ketones is 1. The molecule has 0 bridgehead atoms. The van der Waals surface area contributed by atoms with E-state index in [4.69, 9.17) is 9.47 Å². The number of piperidine rings is 1. The zero-order chi connectivity index (χ0) is 22.2. The van der Waals surface area contributed by atoms with Crippen molar-refractivity contribution >= 4 is 11.8 Å². The molecule has 4 aliphatic heterocycles. The van der Waals surface area contributed by atoms with Crippen molar-refractivity contribution in [3.8, 4) is 5.75 Å². The summed E-state index contributed by atoms with van der Waals surface area (Å²) in [6.07, 6.45) is 4.81. The topological polar surface area (TPSA) is 67.9 Å². The minimum Gasteiger partial charge on any atom is -0.496 e. The van der Waals surface area contributed by atoms with E-state index in [0.29, 0.717) is 36.0 Å². The predicted octanol–water partition coefficient (Wildman–Crippen LogP) is 3.58. The molecule has 168 valence electrons. The second kappa shape index (κ2) is 6.95. The number of para-hydroxylation sites is 1. The molecule has 0 radical (unpaired) electrons. The maximum absolute atomic E-state index is 13.1. The molecule has 0 spiro atoms. The van der Waals surface area contributed by atoms with Crippen LogP contribution in [0.25, 0.3) is 0 Å². The second-order valence-corrected chi connectivity index (χ2v) is 10.3. The van der Waals surface area contributed by atoms with Crippen LogP contribution in [0.2, 0.25) is 0 Å². The number of nitrogens with one attached hydrogen (secondary N) is 1. The summed E-state index contributed by atoms with van der Waals surface area (Å²) in [5.41, 5.74) is 4.49. The molecule has 0 saturated carbocycles. The molecule has 5 atom stereocenters. The number of carbonyl (C=O) groups is 2. The third-order valence-electron chi connectivity index (χ3n) is 8.44. The number of benzene rings is 1. The van der Waals surface area contributed by atoms with Gasteiger partial charge in [0.25, 0.3) is 0 Å². The van der Waals surface area contributed by atoms with Gasteiger partial charge in [0.2, 0.25) is 0 Å². The van der Waals surface area contributed by atoms with E-state index in [-0.39, 0.29) is 23.8 Å². The number of methoxy groups -OCH3 is 1. The SMILES string of the molecule is COc1ccccc1[C@H]1CC(=O)C2=C(C1)NC(C)=C(C(=O)O[C@@H]1C[C@@H]3CC4(C)C[C@H]1N34)C2. The summed E-state index contributed by atoms with van der Waals surface area (Å²) in [6, 6.07) is 8.86. The second-order valence-electron chi connectivity index (χ2n) is 10.3. The summed E-state index contributed by atoms with van der Waals surface area (Å²) < 4.78 is 11.5. The number of allylic oxidation sites excluding steroid dienone is 3. The largest absolute Gasteiger partial charge is 0.496 e. The van der Waals surface area contributed by atoms with Gasteiger partial charge in [-0.05, 0) is 44.7 Å². The number of esters is 1. The smallest absolute Gasteiger partial charge is 0.336 e. The van der Waals surface area contributed by atoms with Crippen LogP contribution < -0.4 is 10.1 Å². The third-order valence-corrected chi connectivity index (χ3v) is 8.44. The molecule has 0 amide bonds. The van der Waals surface area contributed by atoms with Crippen molar-refractivity contribution < 1.29 is 19.1 Å². The molecule has 3 fully saturated rings. The van der Waals surface area contributed by atoms with Gasteiger partial charge in [-0.3, -0.25) is 9.69 Å². The molecule has 1 aromatic carbocycles. The number of hydrogen-bond acceptors (Lipinski definition) is 6. The Hall–Kier alpha value is -2.60. The minimum absolute atomic E-state index is 0.0178. The molecule has 4 heterocycles. The number of ether oxygens (including phenoxy) is 2. The fraction of sp³-hybridized carbons (Fsp3) is 0.538. The molecule has 5 aliphatic rings. The number of nitrogens with zero attached hydrogens (tertiary/aromatic N) is 1. The van der Waals surface area contributed by atoms with Crippen LogP contribution in [0.3, 0.4) is 0 Å². The van der Waals surface area contributed by atoms with Crippen molar-refractivity contribution in [1.82, 2.24) is 10.2 Å². The summed E-state index contributed by atoms with van der Waals surface area (Å²) >= 11 is 0. The molecule has 0 aromatic heterocycles. The van der Waals surface area contributed by atoms with E-state index in [1.54, 1.807) is 7.11 Å². The van der Waals surface area contributed by atoms with Gasteiger partial charge < -0.3 is 14.8 Å². The molecule has 32 heavy (non-hydrogen) atoms. The van der Waals surface area contributed by atoms with E-state index in [2.05, 4.69) is 17.1 Å². The van der Waals surface area contributed by atoms with Crippen molar-refractivity contribution in [2.45, 2.75) is 82.0 Å². The average molecular weight is 435 g/mol. The summed E-state index contributed by atoms with van der Waals surface area (Å²) in [4.78, 5) is 28.7. The van der Waals surface area contributed by atoms with E-state index in [9.17, 15) is 9.59 Å². The van der Waals surface area contributed by atoms with Gasteiger partial charge in [0.15, 0.2) is 5.78 Å². The van der Waals surface area contributed by atoms with Crippen molar-refractivity contribution in [2.24, 2.45) is 0 Å². The lowest BCUT2D eigenvalue weighted by Gasteiger charge is -2.65. The van der Waals surface area contributed by atoms with Gasteiger partial charge in [0.1, 0.15) is 11.9 Å².